The SMILES string of the molecule is CC.Cc1ccc(-c2cc3c4c(c(-c5ccc(C(C)C)s5)cc5c4c2C(=O)NC5=O)C(=O)NC3=O)s1. The minimum Gasteiger partial charge on any atom is -0.288 e. The fourth-order valence-electron chi connectivity index (χ4n) is 4.71. The van der Waals surface area contributed by atoms with Crippen molar-refractivity contribution in [1.82, 2.24) is 10.6 Å². The molecule has 8 heteroatoms. The fraction of sp³-hybridized carbons (Fsp3) is 0.214. The van der Waals surface area contributed by atoms with Crippen LogP contribution < -0.4 is 10.6 Å². The average molecular weight is 517 g/mol. The molecule has 0 unspecified atom stereocenters. The van der Waals surface area contributed by atoms with Crippen LogP contribution in [0.1, 0.15) is 84.8 Å². The summed E-state index contributed by atoms with van der Waals surface area (Å²) in [5.41, 5.74) is 2.39. The summed E-state index contributed by atoms with van der Waals surface area (Å²) in [5, 5.41) is 5.66. The first-order chi connectivity index (χ1) is 17.2. The topological polar surface area (TPSA) is 92.3 Å². The van der Waals surface area contributed by atoms with Gasteiger partial charge in [0.2, 0.25) is 0 Å². The van der Waals surface area contributed by atoms with Gasteiger partial charge in [-0.2, -0.15) is 0 Å². The molecule has 2 aromatic carbocycles. The first-order valence-electron chi connectivity index (χ1n) is 11.8. The van der Waals surface area contributed by atoms with E-state index < -0.39 is 23.6 Å². The predicted molar refractivity (Wildman–Crippen MR) is 144 cm³/mol. The number of aryl methyl sites for hydroxylation is 1. The summed E-state index contributed by atoms with van der Waals surface area (Å²) in [7, 11) is 0. The van der Waals surface area contributed by atoms with Crippen LogP contribution in [0, 0.1) is 6.92 Å². The van der Waals surface area contributed by atoms with E-state index in [4.69, 9.17) is 0 Å². The third kappa shape index (κ3) is 3.51. The molecule has 2 aliphatic rings. The Kier molecular flexibility index (Phi) is 5.89. The number of amides is 4. The Hall–Kier alpha value is -3.62. The summed E-state index contributed by atoms with van der Waals surface area (Å²) in [6.45, 7) is 10.1. The van der Waals surface area contributed by atoms with Gasteiger partial charge in [-0.05, 0) is 49.2 Å². The van der Waals surface area contributed by atoms with Crippen LogP contribution in [0.25, 0.3) is 31.7 Å². The van der Waals surface area contributed by atoms with Crippen molar-refractivity contribution in [1.29, 1.82) is 0 Å². The number of rotatable bonds is 3. The number of thiophene rings is 2. The van der Waals surface area contributed by atoms with E-state index in [1.807, 2.05) is 45.0 Å². The number of benzene rings is 2. The van der Waals surface area contributed by atoms with E-state index in [9.17, 15) is 19.2 Å². The smallest absolute Gasteiger partial charge is 0.259 e. The van der Waals surface area contributed by atoms with E-state index in [0.717, 1.165) is 19.5 Å². The Morgan fingerprint density at radius 1 is 0.639 bits per heavy atom. The molecule has 36 heavy (non-hydrogen) atoms. The second kappa shape index (κ2) is 8.80. The maximum atomic E-state index is 13.2. The molecule has 2 N–H and O–H groups in total. The molecular weight excluding hydrogens is 492 g/mol. The first kappa shape index (κ1) is 24.1. The predicted octanol–water partition coefficient (Wildman–Crippen LogP) is 6.52. The second-order valence-electron chi connectivity index (χ2n) is 8.78. The van der Waals surface area contributed by atoms with Crippen molar-refractivity contribution in [3.63, 3.8) is 0 Å². The molecule has 4 heterocycles. The van der Waals surface area contributed by atoms with Gasteiger partial charge in [-0.1, -0.05) is 27.7 Å². The molecule has 0 saturated heterocycles. The van der Waals surface area contributed by atoms with Gasteiger partial charge in [0.1, 0.15) is 0 Å². The zero-order valence-corrected chi connectivity index (χ0v) is 22.1. The minimum absolute atomic E-state index is 0.292. The molecule has 2 aromatic heterocycles. The van der Waals surface area contributed by atoms with Crippen molar-refractivity contribution in [2.45, 2.75) is 40.5 Å². The van der Waals surface area contributed by atoms with Crippen molar-refractivity contribution < 1.29 is 19.2 Å². The minimum atomic E-state index is -0.533. The summed E-state index contributed by atoms with van der Waals surface area (Å²) in [6, 6.07) is 11.1. The van der Waals surface area contributed by atoms with Crippen LogP contribution in [0.3, 0.4) is 0 Å². The van der Waals surface area contributed by atoms with Crippen molar-refractivity contribution in [2.24, 2.45) is 0 Å². The molecular formula is C28H24N2O4S2. The zero-order chi connectivity index (χ0) is 25.9. The molecule has 0 atom stereocenters. The Morgan fingerprint density at radius 2 is 1.11 bits per heavy atom. The van der Waals surface area contributed by atoms with Gasteiger partial charge in [-0.15, -0.1) is 22.7 Å². The number of hydrogen-bond donors (Lipinski definition) is 2. The molecule has 0 spiro atoms. The lowest BCUT2D eigenvalue weighted by atomic mass is 9.82. The number of carbonyl (C=O) groups excluding carboxylic acids is 4. The molecule has 4 amide bonds. The fourth-order valence-corrected chi connectivity index (χ4v) is 6.63. The van der Waals surface area contributed by atoms with Crippen molar-refractivity contribution in [3.05, 3.63) is 68.4 Å². The summed E-state index contributed by atoms with van der Waals surface area (Å²) < 4.78 is 0. The molecule has 4 aromatic rings. The Balaban J connectivity index is 0.00000130. The van der Waals surface area contributed by atoms with Crippen LogP contribution in [0.4, 0.5) is 0 Å². The van der Waals surface area contributed by atoms with Crippen LogP contribution in [-0.4, -0.2) is 23.6 Å². The third-order valence-electron chi connectivity index (χ3n) is 6.27. The van der Waals surface area contributed by atoms with Crippen LogP contribution in [0.15, 0.2) is 36.4 Å². The quantitative estimate of drug-likeness (QED) is 0.303. The lowest BCUT2D eigenvalue weighted by Gasteiger charge is -2.26. The van der Waals surface area contributed by atoms with Crippen LogP contribution in [0.2, 0.25) is 0 Å². The monoisotopic (exact) mass is 516 g/mol. The van der Waals surface area contributed by atoms with Crippen molar-refractivity contribution >= 4 is 57.1 Å². The zero-order valence-electron chi connectivity index (χ0n) is 20.5. The number of imide groups is 2. The van der Waals surface area contributed by atoms with Crippen LogP contribution >= 0.6 is 22.7 Å². The lowest BCUT2D eigenvalue weighted by Crippen LogP contribution is -2.39. The summed E-state index contributed by atoms with van der Waals surface area (Å²) in [5.74, 6) is -1.81. The summed E-state index contributed by atoms with van der Waals surface area (Å²) in [6.07, 6.45) is 0. The van der Waals surface area contributed by atoms with Gasteiger partial charge in [0.05, 0.1) is 11.1 Å². The molecule has 0 saturated carbocycles. The number of hydrogen-bond acceptors (Lipinski definition) is 6. The molecule has 0 radical (unpaired) electrons. The standard InChI is InChI=1S/C26H18N2O4S2.C2H6/c1-10(2)16-6-7-18(34-16)13-9-15-19-20-14(23(29)28-26(32)22(13)20)8-12(17-5-4-11(3)33-17)21(19)25(31)27-24(15)30;1-2/h4-10H,1-3H3,(H,27,30,31)(H,28,29,32);1-2H3. The number of nitrogens with one attached hydrogen (secondary N) is 2. The van der Waals surface area contributed by atoms with Gasteiger partial charge in [-0.25, -0.2) is 0 Å². The van der Waals surface area contributed by atoms with Gasteiger partial charge in [0.25, 0.3) is 23.6 Å². The van der Waals surface area contributed by atoms with Gasteiger partial charge < -0.3 is 0 Å². The van der Waals surface area contributed by atoms with Gasteiger partial charge >= 0.3 is 0 Å². The van der Waals surface area contributed by atoms with Crippen LogP contribution in [-0.2, 0) is 0 Å². The molecule has 182 valence electrons. The van der Waals surface area contributed by atoms with Gasteiger partial charge in [0.15, 0.2) is 0 Å². The van der Waals surface area contributed by atoms with Gasteiger partial charge in [0, 0.05) is 52.5 Å². The normalized spacial score (nSPS) is 14.1. The van der Waals surface area contributed by atoms with E-state index in [1.54, 1.807) is 23.5 Å². The molecule has 0 bridgehead atoms. The highest BCUT2D eigenvalue weighted by Gasteiger charge is 2.37. The maximum Gasteiger partial charge on any atom is 0.259 e. The van der Waals surface area contributed by atoms with Crippen molar-refractivity contribution in [2.75, 3.05) is 0 Å². The van der Waals surface area contributed by atoms with E-state index in [1.165, 1.54) is 11.3 Å². The van der Waals surface area contributed by atoms with E-state index in [0.29, 0.717) is 50.1 Å². The molecule has 0 fully saturated rings. The molecule has 6 nitrogen and oxygen atoms in total. The maximum absolute atomic E-state index is 13.2. The third-order valence-corrected chi connectivity index (χ3v) is 8.72. The highest BCUT2D eigenvalue weighted by Crippen LogP contribution is 2.45. The Morgan fingerprint density at radius 3 is 1.53 bits per heavy atom. The van der Waals surface area contributed by atoms with Gasteiger partial charge in [-0.3, -0.25) is 29.8 Å². The lowest BCUT2D eigenvalue weighted by molar-refractivity contribution is 0.0824. The highest BCUT2D eigenvalue weighted by atomic mass is 32.1. The number of carbonyl (C=O) groups is 4. The Bertz CT molecular complexity index is 1620. The summed E-state index contributed by atoms with van der Waals surface area (Å²) >= 11 is 3.05. The van der Waals surface area contributed by atoms with Crippen molar-refractivity contribution in [3.8, 4) is 20.9 Å². The first-order valence-corrected chi connectivity index (χ1v) is 13.4. The molecule has 6 rings (SSSR count). The second-order valence-corrected chi connectivity index (χ2v) is 11.2. The highest BCUT2D eigenvalue weighted by molar-refractivity contribution is 7.16. The van der Waals surface area contributed by atoms with E-state index >= 15 is 0 Å². The van der Waals surface area contributed by atoms with E-state index in [-0.39, 0.29) is 0 Å². The largest absolute Gasteiger partial charge is 0.288 e. The van der Waals surface area contributed by atoms with Crippen LogP contribution in [0.5, 0.6) is 0 Å². The molecule has 0 aliphatic carbocycles. The molecule has 2 aliphatic heterocycles. The average Bonchev–Trinajstić information content (AvgIpc) is 3.51. The van der Waals surface area contributed by atoms with E-state index in [2.05, 4.69) is 24.5 Å². The summed E-state index contributed by atoms with van der Waals surface area (Å²) in [4.78, 5) is 56.1. The Labute approximate surface area is 216 Å².